The van der Waals surface area contributed by atoms with Crippen molar-refractivity contribution in [3.63, 3.8) is 0 Å². The molecule has 4 nitrogen and oxygen atoms in total. The second-order valence-corrected chi connectivity index (χ2v) is 7.61. The number of rotatable bonds is 13. The van der Waals surface area contributed by atoms with E-state index in [0.29, 0.717) is 25.4 Å². The monoisotopic (exact) mass is 381 g/mol. The Hall–Kier alpha value is -2.17. The van der Waals surface area contributed by atoms with Crippen molar-refractivity contribution in [2.75, 3.05) is 13.1 Å². The average molecular weight is 382 g/mol. The number of aryl methyl sites for hydroxylation is 2. The van der Waals surface area contributed by atoms with Gasteiger partial charge in [0, 0.05) is 19.0 Å². The highest BCUT2D eigenvalue weighted by Crippen LogP contribution is 2.20. The fourth-order valence-electron chi connectivity index (χ4n) is 3.44. The van der Waals surface area contributed by atoms with Gasteiger partial charge in [0.25, 0.3) is 0 Å². The first-order valence-corrected chi connectivity index (χ1v) is 10.5. The van der Waals surface area contributed by atoms with Gasteiger partial charge in [-0.25, -0.2) is 0 Å². The molecule has 0 fully saturated rings. The molecule has 1 amide bonds. The average Bonchev–Trinajstić information content (AvgIpc) is 2.74. The van der Waals surface area contributed by atoms with Crippen molar-refractivity contribution < 1.29 is 4.79 Å². The zero-order chi connectivity index (χ0) is 20.0. The molecule has 2 aromatic rings. The molecule has 28 heavy (non-hydrogen) atoms. The Labute approximate surface area is 169 Å². The molecule has 1 atom stereocenters. The number of amides is 1. The van der Waals surface area contributed by atoms with Crippen LogP contribution in [0.2, 0.25) is 0 Å². The van der Waals surface area contributed by atoms with Crippen molar-refractivity contribution in [1.82, 2.24) is 5.32 Å². The van der Waals surface area contributed by atoms with E-state index in [4.69, 9.17) is 11.5 Å². The zero-order valence-corrected chi connectivity index (χ0v) is 16.9. The number of nitrogens with one attached hydrogen (secondary N) is 1. The molecule has 4 heteroatoms. The van der Waals surface area contributed by atoms with Crippen LogP contribution in [0.15, 0.2) is 60.7 Å². The molecule has 0 aliphatic carbocycles. The summed E-state index contributed by atoms with van der Waals surface area (Å²) in [4.78, 5) is 12.5. The largest absolute Gasteiger partial charge is 0.355 e. The van der Waals surface area contributed by atoms with Crippen LogP contribution in [0, 0.1) is 5.92 Å². The van der Waals surface area contributed by atoms with E-state index in [1.165, 1.54) is 11.1 Å². The number of nitrogens with two attached hydrogens (primary N) is 2. The van der Waals surface area contributed by atoms with E-state index in [0.717, 1.165) is 38.5 Å². The van der Waals surface area contributed by atoms with Crippen LogP contribution in [-0.4, -0.2) is 25.0 Å². The lowest BCUT2D eigenvalue weighted by Crippen LogP contribution is -2.38. The quantitative estimate of drug-likeness (QED) is 0.497. The van der Waals surface area contributed by atoms with E-state index in [9.17, 15) is 4.79 Å². The summed E-state index contributed by atoms with van der Waals surface area (Å²) in [5.41, 5.74) is 14.2. The third kappa shape index (κ3) is 9.16. The highest BCUT2D eigenvalue weighted by atomic mass is 16.1. The number of carbonyl (C=O) groups excluding carboxylic acids is 1. The number of carbonyl (C=O) groups is 1. The van der Waals surface area contributed by atoms with Gasteiger partial charge in [0.2, 0.25) is 5.91 Å². The van der Waals surface area contributed by atoms with Crippen LogP contribution >= 0.6 is 0 Å². The summed E-state index contributed by atoms with van der Waals surface area (Å²) in [6.45, 7) is 1.17. The van der Waals surface area contributed by atoms with Gasteiger partial charge in [-0.15, -0.1) is 0 Å². The molecule has 0 aliphatic rings. The predicted molar refractivity (Wildman–Crippen MR) is 117 cm³/mol. The molecule has 5 N–H and O–H groups in total. The van der Waals surface area contributed by atoms with Gasteiger partial charge in [-0.2, -0.15) is 0 Å². The molecule has 2 aromatic carbocycles. The molecule has 0 heterocycles. The molecule has 0 saturated heterocycles. The van der Waals surface area contributed by atoms with Gasteiger partial charge in [0.1, 0.15) is 0 Å². The normalized spacial score (nSPS) is 12.1. The van der Waals surface area contributed by atoms with Crippen molar-refractivity contribution in [2.24, 2.45) is 17.4 Å². The van der Waals surface area contributed by atoms with E-state index in [2.05, 4.69) is 53.8 Å². The summed E-state index contributed by atoms with van der Waals surface area (Å²) in [6.07, 6.45) is 6.35. The van der Waals surface area contributed by atoms with Crippen LogP contribution in [0.5, 0.6) is 0 Å². The lowest BCUT2D eigenvalue weighted by molar-refractivity contribution is -0.122. The molecular weight excluding hydrogens is 346 g/mol. The summed E-state index contributed by atoms with van der Waals surface area (Å²) in [5, 5.41) is 3.01. The minimum atomic E-state index is -0.0143. The van der Waals surface area contributed by atoms with Crippen LogP contribution in [0.3, 0.4) is 0 Å². The Morgan fingerprint density at radius 3 is 1.89 bits per heavy atom. The van der Waals surface area contributed by atoms with Gasteiger partial charge in [-0.05, 0) is 62.1 Å². The minimum absolute atomic E-state index is 0.0143. The third-order valence-electron chi connectivity index (χ3n) is 5.18. The van der Waals surface area contributed by atoms with Crippen molar-refractivity contribution in [3.05, 3.63) is 71.8 Å². The maximum Gasteiger partial charge on any atom is 0.220 e. The third-order valence-corrected chi connectivity index (χ3v) is 5.18. The van der Waals surface area contributed by atoms with Gasteiger partial charge in [-0.1, -0.05) is 60.7 Å². The van der Waals surface area contributed by atoms with Gasteiger partial charge < -0.3 is 16.8 Å². The van der Waals surface area contributed by atoms with Crippen molar-refractivity contribution in [3.8, 4) is 0 Å². The van der Waals surface area contributed by atoms with Gasteiger partial charge in [0.05, 0.1) is 0 Å². The van der Waals surface area contributed by atoms with Gasteiger partial charge in [0.15, 0.2) is 0 Å². The van der Waals surface area contributed by atoms with E-state index in [1.54, 1.807) is 0 Å². The van der Waals surface area contributed by atoms with Crippen LogP contribution in [0.1, 0.15) is 43.2 Å². The number of hydrogen-bond acceptors (Lipinski definition) is 3. The van der Waals surface area contributed by atoms with Gasteiger partial charge in [-0.3, -0.25) is 4.79 Å². The second-order valence-electron chi connectivity index (χ2n) is 7.61. The fourth-order valence-corrected chi connectivity index (χ4v) is 3.44. The number of hydrogen-bond donors (Lipinski definition) is 3. The number of benzene rings is 2. The molecule has 0 saturated carbocycles. The lowest BCUT2D eigenvalue weighted by Gasteiger charge is -2.18. The lowest BCUT2D eigenvalue weighted by atomic mass is 9.90. The topological polar surface area (TPSA) is 81.1 Å². The van der Waals surface area contributed by atoms with E-state index >= 15 is 0 Å². The Morgan fingerprint density at radius 1 is 0.857 bits per heavy atom. The molecule has 0 spiro atoms. The van der Waals surface area contributed by atoms with Crippen LogP contribution < -0.4 is 16.8 Å². The summed E-state index contributed by atoms with van der Waals surface area (Å²) in [6, 6.07) is 21.0. The van der Waals surface area contributed by atoms with Gasteiger partial charge >= 0.3 is 0 Å². The standard InChI is InChI=1S/C24H35N3O/c25-17-7-12-23(26)19-27-24(28)18-22(15-13-20-8-3-1-4-9-20)16-14-21-10-5-2-6-11-21/h1-6,8-11,22-23H,7,12-19,25-26H2,(H,27,28). The summed E-state index contributed by atoms with van der Waals surface area (Å²) in [7, 11) is 0. The summed E-state index contributed by atoms with van der Waals surface area (Å²) < 4.78 is 0. The molecular formula is C24H35N3O. The minimum Gasteiger partial charge on any atom is -0.355 e. The SMILES string of the molecule is NCCCC(N)CNC(=O)CC(CCc1ccccc1)CCc1ccccc1. The molecule has 0 bridgehead atoms. The smallest absolute Gasteiger partial charge is 0.220 e. The van der Waals surface area contributed by atoms with E-state index < -0.39 is 0 Å². The van der Waals surface area contributed by atoms with E-state index in [1.807, 2.05) is 12.1 Å². The molecule has 0 aliphatic heterocycles. The Balaban J connectivity index is 1.84. The first kappa shape index (κ1) is 22.1. The summed E-state index contributed by atoms with van der Waals surface area (Å²) >= 11 is 0. The zero-order valence-electron chi connectivity index (χ0n) is 16.9. The molecule has 1 unspecified atom stereocenters. The molecule has 2 rings (SSSR count). The molecule has 0 radical (unpaired) electrons. The maximum atomic E-state index is 12.5. The molecule has 0 aromatic heterocycles. The first-order valence-electron chi connectivity index (χ1n) is 10.5. The Kier molecular flexibility index (Phi) is 10.3. The van der Waals surface area contributed by atoms with Crippen LogP contribution in [0.4, 0.5) is 0 Å². The predicted octanol–water partition coefficient (Wildman–Crippen LogP) is 3.44. The van der Waals surface area contributed by atoms with Crippen LogP contribution in [-0.2, 0) is 17.6 Å². The van der Waals surface area contributed by atoms with Crippen molar-refractivity contribution >= 4 is 5.91 Å². The fraction of sp³-hybridized carbons (Fsp3) is 0.458. The second kappa shape index (κ2) is 13.1. The first-order chi connectivity index (χ1) is 13.7. The summed E-state index contributed by atoms with van der Waals surface area (Å²) in [5.74, 6) is 0.468. The van der Waals surface area contributed by atoms with E-state index in [-0.39, 0.29) is 11.9 Å². The highest BCUT2D eigenvalue weighted by Gasteiger charge is 2.15. The van der Waals surface area contributed by atoms with Crippen molar-refractivity contribution in [2.45, 2.75) is 51.0 Å². The Bertz CT molecular complexity index is 617. The van der Waals surface area contributed by atoms with Crippen LogP contribution in [0.25, 0.3) is 0 Å². The maximum absolute atomic E-state index is 12.5. The Morgan fingerprint density at radius 2 is 1.39 bits per heavy atom. The van der Waals surface area contributed by atoms with Crippen molar-refractivity contribution in [1.29, 1.82) is 0 Å². The molecule has 152 valence electrons. The highest BCUT2D eigenvalue weighted by molar-refractivity contribution is 5.76.